The summed E-state index contributed by atoms with van der Waals surface area (Å²) in [4.78, 5) is 14.6. The zero-order valence-electron chi connectivity index (χ0n) is 13.3. The smallest absolute Gasteiger partial charge is 0.287 e. The molecule has 1 saturated heterocycles. The molecule has 0 aromatic carbocycles. The fraction of sp³-hybridized carbons (Fsp3) is 0.688. The van der Waals surface area contributed by atoms with Crippen LogP contribution in [-0.2, 0) is 4.74 Å². The van der Waals surface area contributed by atoms with Crippen LogP contribution >= 0.6 is 15.9 Å². The van der Waals surface area contributed by atoms with Gasteiger partial charge in [0.1, 0.15) is 0 Å². The van der Waals surface area contributed by atoms with Gasteiger partial charge in [-0.1, -0.05) is 26.7 Å². The van der Waals surface area contributed by atoms with Gasteiger partial charge in [0.05, 0.1) is 13.2 Å². The lowest BCUT2D eigenvalue weighted by molar-refractivity contribution is 0.00184. The summed E-state index contributed by atoms with van der Waals surface area (Å²) >= 11 is 3.22. The summed E-state index contributed by atoms with van der Waals surface area (Å²) in [6.07, 6.45) is 2.22. The highest BCUT2D eigenvalue weighted by Gasteiger charge is 2.27. The number of hydrogen-bond donors (Lipinski definition) is 1. The van der Waals surface area contributed by atoms with Crippen LogP contribution < -0.4 is 5.32 Å². The first kappa shape index (κ1) is 17.5. The molecule has 1 aliphatic rings. The first-order chi connectivity index (χ1) is 10.7. The maximum absolute atomic E-state index is 12.2. The molecule has 0 radical (unpaired) electrons. The molecule has 124 valence electrons. The molecule has 1 aromatic heterocycles. The molecule has 1 aromatic rings. The number of carbonyl (C=O) groups is 1. The molecule has 0 saturated carbocycles. The summed E-state index contributed by atoms with van der Waals surface area (Å²) in [5.74, 6) is 0.758. The molecule has 1 atom stereocenters. The number of carbonyl (C=O) groups excluding carboxylic acids is 1. The molecule has 0 bridgehead atoms. The highest BCUT2D eigenvalue weighted by molar-refractivity contribution is 9.10. The Morgan fingerprint density at radius 3 is 2.55 bits per heavy atom. The Hall–Kier alpha value is -0.850. The van der Waals surface area contributed by atoms with Crippen molar-refractivity contribution in [3.05, 3.63) is 22.6 Å². The van der Waals surface area contributed by atoms with Crippen LogP contribution in [0, 0.1) is 5.92 Å². The first-order valence-electron chi connectivity index (χ1n) is 8.01. The predicted molar refractivity (Wildman–Crippen MR) is 89.0 cm³/mol. The van der Waals surface area contributed by atoms with E-state index in [4.69, 9.17) is 9.15 Å². The number of furan rings is 1. The van der Waals surface area contributed by atoms with Gasteiger partial charge in [0, 0.05) is 25.7 Å². The summed E-state index contributed by atoms with van der Waals surface area (Å²) in [6, 6.07) is 3.76. The molecule has 0 aliphatic carbocycles. The maximum Gasteiger partial charge on any atom is 0.287 e. The van der Waals surface area contributed by atoms with Crippen molar-refractivity contribution >= 4 is 21.8 Å². The van der Waals surface area contributed by atoms with Crippen LogP contribution in [0.1, 0.15) is 37.2 Å². The first-order valence-corrected chi connectivity index (χ1v) is 8.80. The SMILES string of the molecule is CCC(CC)[C@H](CNC(=O)c1ccc(Br)o1)N1CCOCC1. The van der Waals surface area contributed by atoms with Gasteiger partial charge < -0.3 is 14.5 Å². The maximum atomic E-state index is 12.2. The van der Waals surface area contributed by atoms with Crippen LogP contribution in [0.4, 0.5) is 0 Å². The minimum absolute atomic E-state index is 0.157. The van der Waals surface area contributed by atoms with Gasteiger partial charge in [-0.05, 0) is 34.0 Å². The Morgan fingerprint density at radius 1 is 1.32 bits per heavy atom. The van der Waals surface area contributed by atoms with Crippen molar-refractivity contribution < 1.29 is 13.9 Å². The number of morpholine rings is 1. The molecule has 6 heteroatoms. The standard InChI is InChI=1S/C16H25BrN2O3/c1-3-12(4-2)13(19-7-9-21-10-8-19)11-18-16(20)14-5-6-15(17)22-14/h5-6,12-13H,3-4,7-11H2,1-2H3,(H,18,20)/t13-/m0/s1. The topological polar surface area (TPSA) is 54.7 Å². The average molecular weight is 373 g/mol. The van der Waals surface area contributed by atoms with Crippen LogP contribution in [0.2, 0.25) is 0 Å². The number of ether oxygens (including phenoxy) is 1. The molecular weight excluding hydrogens is 348 g/mol. The summed E-state index contributed by atoms with van der Waals surface area (Å²) in [5, 5.41) is 3.02. The fourth-order valence-corrected chi connectivity index (χ4v) is 3.36. The van der Waals surface area contributed by atoms with E-state index >= 15 is 0 Å². The lowest BCUT2D eigenvalue weighted by Crippen LogP contribution is -2.52. The second kappa shape index (κ2) is 8.70. The second-order valence-corrected chi connectivity index (χ2v) is 6.39. The second-order valence-electron chi connectivity index (χ2n) is 5.61. The van der Waals surface area contributed by atoms with Crippen molar-refractivity contribution in [2.24, 2.45) is 5.92 Å². The summed E-state index contributed by atoms with van der Waals surface area (Å²) in [6.45, 7) is 8.49. The van der Waals surface area contributed by atoms with E-state index in [2.05, 4.69) is 40.0 Å². The van der Waals surface area contributed by atoms with E-state index in [0.29, 0.717) is 28.9 Å². The van der Waals surface area contributed by atoms with E-state index in [-0.39, 0.29) is 5.91 Å². The molecule has 2 heterocycles. The molecule has 0 unspecified atom stereocenters. The molecule has 1 fully saturated rings. The molecule has 1 amide bonds. The predicted octanol–water partition coefficient (Wildman–Crippen LogP) is 2.91. The Bertz CT molecular complexity index is 468. The van der Waals surface area contributed by atoms with E-state index in [0.717, 1.165) is 39.1 Å². The largest absolute Gasteiger partial charge is 0.444 e. The van der Waals surface area contributed by atoms with E-state index < -0.39 is 0 Å². The molecule has 1 aliphatic heterocycles. The van der Waals surface area contributed by atoms with Crippen LogP contribution in [0.5, 0.6) is 0 Å². The van der Waals surface area contributed by atoms with E-state index in [1.807, 2.05) is 0 Å². The van der Waals surface area contributed by atoms with Gasteiger partial charge >= 0.3 is 0 Å². The van der Waals surface area contributed by atoms with Crippen LogP contribution in [0.15, 0.2) is 21.2 Å². The van der Waals surface area contributed by atoms with Crippen LogP contribution in [0.3, 0.4) is 0 Å². The van der Waals surface area contributed by atoms with Crippen molar-refractivity contribution in [2.75, 3.05) is 32.8 Å². The highest BCUT2D eigenvalue weighted by atomic mass is 79.9. The van der Waals surface area contributed by atoms with Crippen molar-refractivity contribution in [1.29, 1.82) is 0 Å². The molecule has 2 rings (SSSR count). The number of nitrogens with zero attached hydrogens (tertiary/aromatic N) is 1. The Morgan fingerprint density at radius 2 is 2.00 bits per heavy atom. The van der Waals surface area contributed by atoms with Gasteiger partial charge in [0.15, 0.2) is 10.4 Å². The van der Waals surface area contributed by atoms with Gasteiger partial charge in [-0.3, -0.25) is 9.69 Å². The van der Waals surface area contributed by atoms with E-state index in [1.165, 1.54) is 0 Å². The Labute approximate surface area is 140 Å². The minimum Gasteiger partial charge on any atom is -0.444 e. The minimum atomic E-state index is -0.157. The van der Waals surface area contributed by atoms with Gasteiger partial charge in [0.25, 0.3) is 5.91 Å². The number of halogens is 1. The van der Waals surface area contributed by atoms with Gasteiger partial charge in [-0.15, -0.1) is 0 Å². The summed E-state index contributed by atoms with van der Waals surface area (Å²) in [5.41, 5.74) is 0. The summed E-state index contributed by atoms with van der Waals surface area (Å²) in [7, 11) is 0. The number of nitrogens with one attached hydrogen (secondary N) is 1. The van der Waals surface area contributed by atoms with E-state index in [9.17, 15) is 4.79 Å². The normalized spacial score (nSPS) is 17.6. The lowest BCUT2D eigenvalue weighted by Gasteiger charge is -2.38. The summed E-state index contributed by atoms with van der Waals surface area (Å²) < 4.78 is 11.3. The van der Waals surface area contributed by atoms with Gasteiger partial charge in [-0.25, -0.2) is 0 Å². The third kappa shape index (κ3) is 4.57. The van der Waals surface area contributed by atoms with Gasteiger partial charge in [-0.2, -0.15) is 0 Å². The number of amides is 1. The quantitative estimate of drug-likeness (QED) is 0.799. The van der Waals surface area contributed by atoms with Crippen molar-refractivity contribution in [3.8, 4) is 0 Å². The van der Waals surface area contributed by atoms with E-state index in [1.54, 1.807) is 12.1 Å². The Kier molecular flexibility index (Phi) is 6.92. The molecule has 0 spiro atoms. The van der Waals surface area contributed by atoms with Crippen molar-refractivity contribution in [3.63, 3.8) is 0 Å². The lowest BCUT2D eigenvalue weighted by atomic mass is 9.92. The third-order valence-electron chi connectivity index (χ3n) is 4.38. The Balaban J connectivity index is 1.97. The molecule has 22 heavy (non-hydrogen) atoms. The number of rotatable bonds is 7. The van der Waals surface area contributed by atoms with Gasteiger partial charge in [0.2, 0.25) is 0 Å². The molecule has 5 nitrogen and oxygen atoms in total. The zero-order chi connectivity index (χ0) is 15.9. The fourth-order valence-electron chi connectivity index (χ4n) is 3.06. The van der Waals surface area contributed by atoms with Crippen molar-refractivity contribution in [2.45, 2.75) is 32.7 Å². The third-order valence-corrected chi connectivity index (χ3v) is 4.80. The monoisotopic (exact) mass is 372 g/mol. The molecular formula is C16H25BrN2O3. The average Bonchev–Trinajstić information content (AvgIpc) is 2.98. The zero-order valence-corrected chi connectivity index (χ0v) is 14.9. The molecule has 1 N–H and O–H groups in total. The number of hydrogen-bond acceptors (Lipinski definition) is 4. The van der Waals surface area contributed by atoms with Crippen LogP contribution in [0.25, 0.3) is 0 Å². The highest BCUT2D eigenvalue weighted by Crippen LogP contribution is 2.20. The van der Waals surface area contributed by atoms with Crippen LogP contribution in [-0.4, -0.2) is 49.7 Å². The van der Waals surface area contributed by atoms with Crippen molar-refractivity contribution in [1.82, 2.24) is 10.2 Å².